The van der Waals surface area contributed by atoms with E-state index in [0.717, 1.165) is 22.7 Å². The first-order chi connectivity index (χ1) is 25.8. The first kappa shape index (κ1) is 45.2. The highest BCUT2D eigenvalue weighted by molar-refractivity contribution is 7.88. The highest BCUT2D eigenvalue weighted by atomic mass is 32.2. The third-order valence-electron chi connectivity index (χ3n) is 8.89. The molecule has 3 rings (SSSR count). The topological polar surface area (TPSA) is 233 Å². The van der Waals surface area contributed by atoms with Gasteiger partial charge in [0.25, 0.3) is 0 Å². The normalized spacial score (nSPS) is 15.1. The van der Waals surface area contributed by atoms with Gasteiger partial charge in [-0.25, -0.2) is 22.7 Å². The number of aromatic amines is 1. The quantitative estimate of drug-likeness (QED) is 0.0515. The molecule has 1 heterocycles. The molecule has 0 fully saturated rings. The van der Waals surface area contributed by atoms with E-state index in [1.165, 1.54) is 0 Å². The first-order valence-electron chi connectivity index (χ1n) is 18.5. The smallest absolute Gasteiger partial charge is 0.407 e. The van der Waals surface area contributed by atoms with Gasteiger partial charge in [-0.1, -0.05) is 76.2 Å². The van der Waals surface area contributed by atoms with Gasteiger partial charge < -0.3 is 35.7 Å². The Morgan fingerprint density at radius 2 is 1.53 bits per heavy atom. The van der Waals surface area contributed by atoms with Crippen LogP contribution < -0.4 is 20.7 Å². The van der Waals surface area contributed by atoms with Crippen molar-refractivity contribution in [1.29, 1.82) is 0 Å². The van der Waals surface area contributed by atoms with Crippen molar-refractivity contribution in [3.63, 3.8) is 0 Å². The summed E-state index contributed by atoms with van der Waals surface area (Å²) in [5.74, 6) is -5.44. The van der Waals surface area contributed by atoms with Gasteiger partial charge in [0.15, 0.2) is 0 Å². The average Bonchev–Trinajstić information content (AvgIpc) is 3.51. The maximum Gasteiger partial charge on any atom is 0.407 e. The summed E-state index contributed by atoms with van der Waals surface area (Å²) in [6, 6.07) is 13.9. The molecule has 15 nitrogen and oxygen atoms in total. The number of benzene rings is 2. The van der Waals surface area contributed by atoms with Crippen molar-refractivity contribution in [3.8, 4) is 0 Å². The number of carboxylic acid groups (broad SMARTS) is 1. The molecule has 0 bridgehead atoms. The molecule has 304 valence electrons. The molecule has 0 aliphatic heterocycles. The molecule has 0 aliphatic carbocycles. The van der Waals surface area contributed by atoms with Gasteiger partial charge in [0.05, 0.1) is 6.26 Å². The van der Waals surface area contributed by atoms with Crippen LogP contribution in [0.2, 0.25) is 0 Å². The van der Waals surface area contributed by atoms with Crippen LogP contribution in [0.1, 0.15) is 70.9 Å². The zero-order valence-corrected chi connectivity index (χ0v) is 33.8. The number of carbonyl (C=O) groups excluding carboxylic acids is 3. The third-order valence-corrected chi connectivity index (χ3v) is 11.9. The van der Waals surface area contributed by atoms with Crippen LogP contribution in [0.15, 0.2) is 60.8 Å². The molecule has 17 heteroatoms. The number of carbonyl (C=O) groups is 4. The molecular weight excluding hydrogens is 749 g/mol. The van der Waals surface area contributed by atoms with Gasteiger partial charge in [-0.15, -0.1) is 0 Å². The third kappa shape index (κ3) is 15.8. The molecule has 0 spiro atoms. The van der Waals surface area contributed by atoms with Crippen molar-refractivity contribution in [2.75, 3.05) is 19.0 Å². The lowest BCUT2D eigenvalue weighted by Gasteiger charge is -2.30. The molecule has 3 aromatic rings. The fourth-order valence-electron chi connectivity index (χ4n) is 6.26. The van der Waals surface area contributed by atoms with Gasteiger partial charge in [0.1, 0.15) is 24.5 Å². The summed E-state index contributed by atoms with van der Waals surface area (Å²) in [5.41, 5.74) is 2.32. The maximum absolute atomic E-state index is 14.2. The number of alkyl carbamates (subject to hydrolysis) is 1. The Morgan fingerprint density at radius 1 is 0.873 bits per heavy atom. The first-order valence-corrected chi connectivity index (χ1v) is 22.3. The van der Waals surface area contributed by atoms with Crippen LogP contribution in [0.25, 0.3) is 10.9 Å². The number of unbranched alkanes of at least 4 members (excludes halogenated alkanes) is 1. The number of H-pyrrole nitrogens is 1. The predicted octanol–water partition coefficient (Wildman–Crippen LogP) is 4.72. The van der Waals surface area contributed by atoms with Gasteiger partial charge in [0.2, 0.25) is 29.2 Å². The van der Waals surface area contributed by atoms with Crippen LogP contribution in [-0.4, -0.2) is 84.1 Å². The standard InChI is InChI=1S/C38H56N5O10PS/c1-25(2)19-29(35(44)41-33(37(46)47)21-28-22-40-31-16-10-9-15-30(28)31)24-54(49,50)34(20-26(3)4)42-36(45)32(43-55(5,51)52)17-11-12-18-39-38(48)53-23-27-13-7-6-8-14-27/h6-10,13-16,22,25-26,29,32-34,40,43H,11-12,17-21,23-24H2,1-5H3,(H,39,48)(H,41,44)(H,42,45)(H,46,47)(H,49,50)/t29?,32-,33-,34?/m0/s1. The zero-order valence-electron chi connectivity index (χ0n) is 32.1. The van der Waals surface area contributed by atoms with Gasteiger partial charge in [-0.2, -0.15) is 0 Å². The Balaban J connectivity index is 1.68. The van der Waals surface area contributed by atoms with Crippen LogP contribution in [0.4, 0.5) is 4.79 Å². The molecule has 0 aliphatic rings. The summed E-state index contributed by atoms with van der Waals surface area (Å²) in [6.07, 6.45) is 2.34. The molecular formula is C38H56N5O10PS. The van der Waals surface area contributed by atoms with E-state index in [1.807, 2.05) is 68.4 Å². The number of aliphatic carboxylic acids is 1. The molecule has 2 aromatic carbocycles. The van der Waals surface area contributed by atoms with Crippen LogP contribution in [0.3, 0.4) is 0 Å². The summed E-state index contributed by atoms with van der Waals surface area (Å²) >= 11 is 0. The molecule has 0 radical (unpaired) electrons. The molecule has 0 saturated heterocycles. The number of fused-ring (bicyclic) bond motifs is 1. The number of hydrogen-bond donors (Lipinski definition) is 7. The molecule has 5 atom stereocenters. The lowest BCUT2D eigenvalue weighted by molar-refractivity contribution is -0.142. The lowest BCUT2D eigenvalue weighted by atomic mass is 9.97. The Kier molecular flexibility index (Phi) is 17.4. The second kappa shape index (κ2) is 21.2. The molecule has 0 saturated carbocycles. The SMILES string of the molecule is CC(C)CC(CP(=O)(O)C(CC(C)C)NC(=O)[C@H](CCCCNC(=O)OCc1ccccc1)NS(C)(=O)=O)C(=O)N[C@@H](Cc1c[nH]c2ccccc12)C(=O)O. The van der Waals surface area contributed by atoms with E-state index >= 15 is 0 Å². The van der Waals surface area contributed by atoms with Crippen molar-refractivity contribution in [2.45, 2.75) is 90.7 Å². The van der Waals surface area contributed by atoms with Gasteiger partial charge in [-0.05, 0) is 61.1 Å². The number of para-hydroxylation sites is 1. The van der Waals surface area contributed by atoms with Crippen LogP contribution in [-0.2, 0) is 46.7 Å². The largest absolute Gasteiger partial charge is 0.480 e. The number of ether oxygens (including phenoxy) is 1. The van der Waals surface area contributed by atoms with Gasteiger partial charge in [0, 0.05) is 42.1 Å². The highest BCUT2D eigenvalue weighted by Gasteiger charge is 2.39. The van der Waals surface area contributed by atoms with Crippen molar-refractivity contribution < 1.29 is 46.9 Å². The van der Waals surface area contributed by atoms with Gasteiger partial charge in [-0.3, -0.25) is 14.2 Å². The molecule has 55 heavy (non-hydrogen) atoms. The minimum absolute atomic E-state index is 0.0224. The predicted molar refractivity (Wildman–Crippen MR) is 211 cm³/mol. The lowest BCUT2D eigenvalue weighted by Crippen LogP contribution is -2.50. The van der Waals surface area contributed by atoms with E-state index in [4.69, 9.17) is 4.74 Å². The zero-order chi connectivity index (χ0) is 40.8. The minimum Gasteiger partial charge on any atom is -0.480 e. The fraction of sp³-hybridized carbons (Fsp3) is 0.526. The van der Waals surface area contributed by atoms with E-state index < -0.39 is 71.2 Å². The number of amides is 3. The molecule has 7 N–H and O–H groups in total. The van der Waals surface area contributed by atoms with Crippen LogP contribution >= 0.6 is 7.37 Å². The number of carboxylic acids is 1. The van der Waals surface area contributed by atoms with Crippen molar-refractivity contribution in [2.24, 2.45) is 17.8 Å². The fourth-order valence-corrected chi connectivity index (χ4v) is 9.29. The Bertz CT molecular complexity index is 1890. The number of sulfonamides is 1. The van der Waals surface area contributed by atoms with Gasteiger partial charge >= 0.3 is 12.1 Å². The summed E-state index contributed by atoms with van der Waals surface area (Å²) in [6.45, 7) is 7.55. The minimum atomic E-state index is -4.38. The summed E-state index contributed by atoms with van der Waals surface area (Å²) in [5, 5.41) is 18.7. The number of hydrogen-bond acceptors (Lipinski definition) is 8. The number of aromatic nitrogens is 1. The van der Waals surface area contributed by atoms with E-state index in [1.54, 1.807) is 20.0 Å². The molecule has 3 unspecified atom stereocenters. The Morgan fingerprint density at radius 3 is 2.16 bits per heavy atom. The highest BCUT2D eigenvalue weighted by Crippen LogP contribution is 2.50. The van der Waals surface area contributed by atoms with Crippen LogP contribution in [0, 0.1) is 17.8 Å². The van der Waals surface area contributed by atoms with Crippen molar-refractivity contribution in [1.82, 2.24) is 25.7 Å². The van der Waals surface area contributed by atoms with Crippen LogP contribution in [0.5, 0.6) is 0 Å². The van der Waals surface area contributed by atoms with E-state index in [9.17, 15) is 42.2 Å². The molecule has 1 aromatic heterocycles. The number of rotatable bonds is 23. The second-order valence-corrected chi connectivity index (χ2v) is 19.1. The van der Waals surface area contributed by atoms with E-state index in [0.29, 0.717) is 18.4 Å². The van der Waals surface area contributed by atoms with E-state index in [2.05, 4.69) is 25.7 Å². The monoisotopic (exact) mass is 805 g/mol. The summed E-state index contributed by atoms with van der Waals surface area (Å²) < 4.78 is 46.1. The Hall–Kier alpha value is -4.24. The second-order valence-electron chi connectivity index (χ2n) is 14.8. The van der Waals surface area contributed by atoms with E-state index in [-0.39, 0.29) is 50.7 Å². The van der Waals surface area contributed by atoms with Crippen molar-refractivity contribution >= 4 is 52.2 Å². The summed E-state index contributed by atoms with van der Waals surface area (Å²) in [4.78, 5) is 66.3. The molecule has 3 amide bonds. The summed E-state index contributed by atoms with van der Waals surface area (Å²) in [7, 11) is -8.27. The Labute approximate surface area is 323 Å². The maximum atomic E-state index is 14.2. The van der Waals surface area contributed by atoms with Crippen molar-refractivity contribution in [3.05, 3.63) is 71.9 Å². The number of nitrogens with one attached hydrogen (secondary N) is 5. The average molecular weight is 806 g/mol.